The van der Waals surface area contributed by atoms with Gasteiger partial charge in [0.1, 0.15) is 0 Å². The molecule has 20 heavy (non-hydrogen) atoms. The van der Waals surface area contributed by atoms with Gasteiger partial charge in [-0.15, -0.1) is 0 Å². The van der Waals surface area contributed by atoms with Crippen molar-refractivity contribution in [3.8, 4) is 0 Å². The number of para-hydroxylation sites is 1. The lowest BCUT2D eigenvalue weighted by atomic mass is 10.1. The Balaban J connectivity index is 2.02. The Labute approximate surface area is 123 Å². The van der Waals surface area contributed by atoms with E-state index in [9.17, 15) is 4.79 Å². The highest BCUT2D eigenvalue weighted by Gasteiger charge is 2.11. The van der Waals surface area contributed by atoms with Gasteiger partial charge in [-0.25, -0.2) is 0 Å². The van der Waals surface area contributed by atoms with Crippen LogP contribution in [0.4, 0.5) is 5.69 Å². The first-order chi connectivity index (χ1) is 9.61. The Hall–Kier alpha value is -2.00. The molecule has 2 aromatic carbocycles. The maximum absolute atomic E-state index is 12.1. The van der Waals surface area contributed by atoms with Crippen LogP contribution in [0.15, 0.2) is 42.5 Å². The molecule has 0 heterocycles. The molecule has 0 bridgehead atoms. The molecular weight excluding hydrogens is 272 g/mol. The number of carbonyl (C=O) groups excluding carboxylic acids is 1. The Bertz CT molecular complexity index is 608. The topological polar surface area (TPSA) is 55.1 Å². The predicted molar refractivity (Wildman–Crippen MR) is 82.9 cm³/mol. The van der Waals surface area contributed by atoms with Crippen LogP contribution in [0.2, 0.25) is 5.02 Å². The summed E-state index contributed by atoms with van der Waals surface area (Å²) in [6.45, 7) is 2.58. The Kier molecular flexibility index (Phi) is 4.64. The van der Waals surface area contributed by atoms with E-state index in [-0.39, 0.29) is 5.91 Å². The molecule has 0 radical (unpaired) electrons. The summed E-state index contributed by atoms with van der Waals surface area (Å²) in [4.78, 5) is 12.1. The smallest absolute Gasteiger partial charge is 0.253 e. The highest BCUT2D eigenvalue weighted by molar-refractivity contribution is 6.33. The van der Waals surface area contributed by atoms with E-state index in [1.165, 1.54) is 5.56 Å². The zero-order chi connectivity index (χ0) is 14.5. The summed E-state index contributed by atoms with van der Waals surface area (Å²) in [7, 11) is 0. The zero-order valence-electron chi connectivity index (χ0n) is 11.3. The van der Waals surface area contributed by atoms with Gasteiger partial charge >= 0.3 is 0 Å². The molecule has 0 aliphatic heterocycles. The third-order valence-electron chi connectivity index (χ3n) is 3.18. The molecule has 2 rings (SSSR count). The van der Waals surface area contributed by atoms with Crippen LogP contribution in [0.5, 0.6) is 0 Å². The molecule has 0 aliphatic carbocycles. The van der Waals surface area contributed by atoms with Crippen molar-refractivity contribution in [3.63, 3.8) is 0 Å². The van der Waals surface area contributed by atoms with Crippen molar-refractivity contribution in [1.29, 1.82) is 0 Å². The van der Waals surface area contributed by atoms with Crippen LogP contribution in [-0.2, 0) is 13.0 Å². The fraction of sp³-hybridized carbons (Fsp3) is 0.188. The Morgan fingerprint density at radius 2 is 1.80 bits per heavy atom. The number of nitrogen functional groups attached to an aromatic ring is 1. The van der Waals surface area contributed by atoms with E-state index in [1.807, 2.05) is 12.1 Å². The lowest BCUT2D eigenvalue weighted by Gasteiger charge is -2.09. The maximum atomic E-state index is 12.1. The molecule has 0 unspecified atom stereocenters. The van der Waals surface area contributed by atoms with Crippen LogP contribution in [0, 0.1) is 0 Å². The molecule has 2 aromatic rings. The molecule has 3 nitrogen and oxygen atoms in total. The normalized spacial score (nSPS) is 10.3. The van der Waals surface area contributed by atoms with Crippen molar-refractivity contribution in [2.24, 2.45) is 0 Å². The summed E-state index contributed by atoms with van der Waals surface area (Å²) >= 11 is 5.90. The van der Waals surface area contributed by atoms with E-state index in [1.54, 1.807) is 18.2 Å². The standard InChI is InChI=1S/C16H17ClN2O/c1-2-11-6-8-12(9-7-11)10-19-16(20)13-4-3-5-14(17)15(13)18/h3-9H,2,10,18H2,1H3,(H,19,20). The summed E-state index contributed by atoms with van der Waals surface area (Å²) in [6, 6.07) is 13.2. The quantitative estimate of drug-likeness (QED) is 0.847. The first-order valence-corrected chi connectivity index (χ1v) is 6.89. The number of carbonyl (C=O) groups is 1. The van der Waals surface area contributed by atoms with Gasteiger partial charge < -0.3 is 11.1 Å². The number of anilines is 1. The molecule has 0 saturated carbocycles. The van der Waals surface area contributed by atoms with Gasteiger partial charge in [-0.1, -0.05) is 48.9 Å². The number of halogens is 1. The van der Waals surface area contributed by atoms with Gasteiger partial charge in [0.05, 0.1) is 16.3 Å². The summed E-state index contributed by atoms with van der Waals surface area (Å²) in [5, 5.41) is 3.24. The van der Waals surface area contributed by atoms with E-state index >= 15 is 0 Å². The van der Waals surface area contributed by atoms with Crippen molar-refractivity contribution in [1.82, 2.24) is 5.32 Å². The maximum Gasteiger partial charge on any atom is 0.253 e. The van der Waals surface area contributed by atoms with Crippen LogP contribution in [0.1, 0.15) is 28.4 Å². The van der Waals surface area contributed by atoms with E-state index in [0.717, 1.165) is 12.0 Å². The van der Waals surface area contributed by atoms with Crippen LogP contribution in [0.3, 0.4) is 0 Å². The van der Waals surface area contributed by atoms with Gasteiger partial charge in [0, 0.05) is 6.54 Å². The molecule has 0 aromatic heterocycles. The first kappa shape index (κ1) is 14.4. The highest BCUT2D eigenvalue weighted by Crippen LogP contribution is 2.22. The summed E-state index contributed by atoms with van der Waals surface area (Å²) in [6.07, 6.45) is 1.01. The lowest BCUT2D eigenvalue weighted by Crippen LogP contribution is -2.23. The van der Waals surface area contributed by atoms with Crippen molar-refractivity contribution in [2.45, 2.75) is 19.9 Å². The van der Waals surface area contributed by atoms with Gasteiger partial charge in [-0.2, -0.15) is 0 Å². The van der Waals surface area contributed by atoms with Gasteiger partial charge in [0.15, 0.2) is 0 Å². The summed E-state index contributed by atoms with van der Waals surface area (Å²) in [5.41, 5.74) is 8.84. The molecule has 0 spiro atoms. The molecule has 0 atom stereocenters. The molecule has 0 aliphatic rings. The van der Waals surface area contributed by atoms with Crippen molar-refractivity contribution < 1.29 is 4.79 Å². The van der Waals surface area contributed by atoms with Crippen LogP contribution in [0.25, 0.3) is 0 Å². The second-order valence-electron chi connectivity index (χ2n) is 4.55. The molecule has 104 valence electrons. The second-order valence-corrected chi connectivity index (χ2v) is 4.96. The molecule has 3 N–H and O–H groups in total. The average molecular weight is 289 g/mol. The minimum Gasteiger partial charge on any atom is -0.397 e. The monoisotopic (exact) mass is 288 g/mol. The van der Waals surface area contributed by atoms with Crippen LogP contribution >= 0.6 is 11.6 Å². The fourth-order valence-corrected chi connectivity index (χ4v) is 2.08. The minimum absolute atomic E-state index is 0.218. The Morgan fingerprint density at radius 1 is 1.15 bits per heavy atom. The number of hydrogen-bond donors (Lipinski definition) is 2. The van der Waals surface area contributed by atoms with Crippen molar-refractivity contribution in [2.75, 3.05) is 5.73 Å². The van der Waals surface area contributed by atoms with E-state index < -0.39 is 0 Å². The van der Waals surface area contributed by atoms with Gasteiger partial charge in [0.25, 0.3) is 5.91 Å². The van der Waals surface area contributed by atoms with Crippen molar-refractivity contribution >= 4 is 23.2 Å². The number of nitrogens with one attached hydrogen (secondary N) is 1. The van der Waals surface area contributed by atoms with Crippen LogP contribution in [-0.4, -0.2) is 5.91 Å². The van der Waals surface area contributed by atoms with E-state index in [4.69, 9.17) is 17.3 Å². The number of amides is 1. The number of hydrogen-bond acceptors (Lipinski definition) is 2. The van der Waals surface area contributed by atoms with Gasteiger partial charge in [-0.3, -0.25) is 4.79 Å². The zero-order valence-corrected chi connectivity index (χ0v) is 12.1. The van der Waals surface area contributed by atoms with E-state index in [2.05, 4.69) is 24.4 Å². The summed E-state index contributed by atoms with van der Waals surface area (Å²) in [5.74, 6) is -0.218. The highest BCUT2D eigenvalue weighted by atomic mass is 35.5. The number of nitrogens with two attached hydrogens (primary N) is 1. The predicted octanol–water partition coefficient (Wildman–Crippen LogP) is 3.41. The molecule has 4 heteroatoms. The summed E-state index contributed by atoms with van der Waals surface area (Å²) < 4.78 is 0. The SMILES string of the molecule is CCc1ccc(CNC(=O)c2cccc(Cl)c2N)cc1. The average Bonchev–Trinajstić information content (AvgIpc) is 2.48. The van der Waals surface area contributed by atoms with E-state index in [0.29, 0.717) is 22.8 Å². The number of rotatable bonds is 4. The largest absolute Gasteiger partial charge is 0.397 e. The molecular formula is C16H17ClN2O. The van der Waals surface area contributed by atoms with Crippen LogP contribution < -0.4 is 11.1 Å². The lowest BCUT2D eigenvalue weighted by molar-refractivity contribution is 0.0952. The number of aryl methyl sites for hydroxylation is 1. The van der Waals surface area contributed by atoms with Gasteiger partial charge in [-0.05, 0) is 29.7 Å². The third kappa shape index (κ3) is 3.31. The Morgan fingerprint density at radius 3 is 2.45 bits per heavy atom. The molecule has 0 saturated heterocycles. The fourth-order valence-electron chi connectivity index (χ4n) is 1.91. The number of benzene rings is 2. The van der Waals surface area contributed by atoms with Gasteiger partial charge in [0.2, 0.25) is 0 Å². The third-order valence-corrected chi connectivity index (χ3v) is 3.51. The molecule has 1 amide bonds. The minimum atomic E-state index is -0.218. The molecule has 0 fully saturated rings. The first-order valence-electron chi connectivity index (χ1n) is 6.51. The second kappa shape index (κ2) is 6.44. The van der Waals surface area contributed by atoms with Crippen molar-refractivity contribution in [3.05, 3.63) is 64.2 Å².